The number of benzene rings is 1. The SMILES string of the molecule is O=C1CC2(CCc3ccc(Cl)cc32)CN1. The van der Waals surface area contributed by atoms with Crippen LogP contribution < -0.4 is 5.32 Å². The number of hydrogen-bond donors (Lipinski definition) is 1. The Morgan fingerprint density at radius 1 is 1.40 bits per heavy atom. The molecule has 2 nitrogen and oxygen atoms in total. The molecule has 0 radical (unpaired) electrons. The Morgan fingerprint density at radius 3 is 3.00 bits per heavy atom. The summed E-state index contributed by atoms with van der Waals surface area (Å²) < 4.78 is 0. The highest BCUT2D eigenvalue weighted by Crippen LogP contribution is 2.44. The Bertz CT molecular complexity index is 443. The Hall–Kier alpha value is -1.02. The van der Waals surface area contributed by atoms with Crippen molar-refractivity contribution in [2.45, 2.75) is 24.7 Å². The van der Waals surface area contributed by atoms with Crippen molar-refractivity contribution in [2.24, 2.45) is 0 Å². The predicted octanol–water partition coefficient (Wildman–Crippen LogP) is 2.04. The maximum Gasteiger partial charge on any atom is 0.220 e. The van der Waals surface area contributed by atoms with Gasteiger partial charge in [0, 0.05) is 23.4 Å². The first-order valence-electron chi connectivity index (χ1n) is 5.25. The van der Waals surface area contributed by atoms with E-state index in [2.05, 4.69) is 11.4 Å². The monoisotopic (exact) mass is 221 g/mol. The number of rotatable bonds is 0. The minimum atomic E-state index is 0.0390. The number of nitrogens with one attached hydrogen (secondary N) is 1. The maximum atomic E-state index is 11.4. The molecule has 3 rings (SSSR count). The van der Waals surface area contributed by atoms with Crippen LogP contribution in [0.3, 0.4) is 0 Å². The lowest BCUT2D eigenvalue weighted by Gasteiger charge is -2.22. The van der Waals surface area contributed by atoms with Gasteiger partial charge in [-0.05, 0) is 36.1 Å². The molecule has 1 fully saturated rings. The Labute approximate surface area is 93.6 Å². The summed E-state index contributed by atoms with van der Waals surface area (Å²) in [5.74, 6) is 0.169. The van der Waals surface area contributed by atoms with E-state index in [0.29, 0.717) is 6.42 Å². The lowest BCUT2D eigenvalue weighted by molar-refractivity contribution is -0.119. The van der Waals surface area contributed by atoms with E-state index >= 15 is 0 Å². The minimum Gasteiger partial charge on any atom is -0.355 e. The summed E-state index contributed by atoms with van der Waals surface area (Å²) in [6, 6.07) is 6.06. The van der Waals surface area contributed by atoms with Gasteiger partial charge in [-0.15, -0.1) is 0 Å². The van der Waals surface area contributed by atoms with Crippen molar-refractivity contribution >= 4 is 17.5 Å². The molecule has 1 aliphatic carbocycles. The summed E-state index contributed by atoms with van der Waals surface area (Å²) in [4.78, 5) is 11.4. The first-order chi connectivity index (χ1) is 7.20. The van der Waals surface area contributed by atoms with E-state index in [4.69, 9.17) is 11.6 Å². The van der Waals surface area contributed by atoms with Crippen LogP contribution in [0.1, 0.15) is 24.0 Å². The van der Waals surface area contributed by atoms with E-state index in [0.717, 1.165) is 24.4 Å². The van der Waals surface area contributed by atoms with Gasteiger partial charge in [-0.2, -0.15) is 0 Å². The number of hydrogen-bond acceptors (Lipinski definition) is 1. The average Bonchev–Trinajstić information content (AvgIpc) is 2.74. The molecule has 1 amide bonds. The van der Waals surface area contributed by atoms with E-state index < -0.39 is 0 Å². The Kier molecular flexibility index (Phi) is 1.84. The van der Waals surface area contributed by atoms with Crippen molar-refractivity contribution in [1.29, 1.82) is 0 Å². The van der Waals surface area contributed by atoms with Crippen LogP contribution in [0.4, 0.5) is 0 Å². The van der Waals surface area contributed by atoms with E-state index in [9.17, 15) is 4.79 Å². The lowest BCUT2D eigenvalue weighted by Crippen LogP contribution is -2.25. The fourth-order valence-electron chi connectivity index (χ4n) is 2.84. The largest absolute Gasteiger partial charge is 0.355 e. The summed E-state index contributed by atoms with van der Waals surface area (Å²) in [5, 5.41) is 3.70. The molecule has 15 heavy (non-hydrogen) atoms. The summed E-state index contributed by atoms with van der Waals surface area (Å²) in [6.07, 6.45) is 2.77. The number of amides is 1. The van der Waals surface area contributed by atoms with Crippen molar-refractivity contribution in [2.75, 3.05) is 6.54 Å². The van der Waals surface area contributed by atoms with Crippen LogP contribution in [0.2, 0.25) is 5.02 Å². The lowest BCUT2D eigenvalue weighted by atomic mass is 9.81. The Morgan fingerprint density at radius 2 is 2.27 bits per heavy atom. The first-order valence-corrected chi connectivity index (χ1v) is 5.63. The van der Waals surface area contributed by atoms with Crippen LogP contribution in [0, 0.1) is 0 Å². The molecule has 1 heterocycles. The summed E-state index contributed by atoms with van der Waals surface area (Å²) in [7, 11) is 0. The van der Waals surface area contributed by atoms with E-state index in [1.54, 1.807) is 0 Å². The second-order valence-corrected chi connectivity index (χ2v) is 4.97. The highest BCUT2D eigenvalue weighted by Gasteiger charge is 2.44. The van der Waals surface area contributed by atoms with Gasteiger partial charge in [-0.1, -0.05) is 17.7 Å². The summed E-state index contributed by atoms with van der Waals surface area (Å²) >= 11 is 6.02. The van der Waals surface area contributed by atoms with Gasteiger partial charge in [-0.3, -0.25) is 4.79 Å². The first kappa shape index (κ1) is 9.22. The highest BCUT2D eigenvalue weighted by molar-refractivity contribution is 6.30. The molecule has 1 atom stereocenters. The van der Waals surface area contributed by atoms with Crippen molar-refractivity contribution in [3.05, 3.63) is 34.3 Å². The van der Waals surface area contributed by atoms with Gasteiger partial charge in [0.05, 0.1) is 0 Å². The molecule has 0 aromatic heterocycles. The Balaban J connectivity index is 2.10. The molecule has 1 aliphatic heterocycles. The number of carbonyl (C=O) groups is 1. The molecule has 1 spiro atoms. The van der Waals surface area contributed by atoms with Crippen LogP contribution >= 0.6 is 11.6 Å². The normalized spacial score (nSPS) is 28.2. The van der Waals surface area contributed by atoms with Gasteiger partial charge in [0.1, 0.15) is 0 Å². The fraction of sp³-hybridized carbons (Fsp3) is 0.417. The van der Waals surface area contributed by atoms with E-state index in [-0.39, 0.29) is 11.3 Å². The topological polar surface area (TPSA) is 29.1 Å². The molecule has 1 unspecified atom stereocenters. The predicted molar refractivity (Wildman–Crippen MR) is 59.1 cm³/mol. The van der Waals surface area contributed by atoms with Gasteiger partial charge in [-0.25, -0.2) is 0 Å². The van der Waals surface area contributed by atoms with Gasteiger partial charge in [0.15, 0.2) is 0 Å². The summed E-state index contributed by atoms with van der Waals surface area (Å²) in [6.45, 7) is 0.777. The van der Waals surface area contributed by atoms with Gasteiger partial charge in [0.25, 0.3) is 0 Å². The van der Waals surface area contributed by atoms with Gasteiger partial charge < -0.3 is 5.32 Å². The zero-order chi connectivity index (χ0) is 10.5. The second kappa shape index (κ2) is 2.99. The molecular weight excluding hydrogens is 210 g/mol. The molecule has 0 saturated carbocycles. The van der Waals surface area contributed by atoms with Crippen LogP contribution in [0.15, 0.2) is 18.2 Å². The third kappa shape index (κ3) is 1.28. The quantitative estimate of drug-likeness (QED) is 0.714. The molecule has 1 aromatic rings. The van der Waals surface area contributed by atoms with Crippen molar-refractivity contribution < 1.29 is 4.79 Å². The maximum absolute atomic E-state index is 11.4. The molecule has 1 aromatic carbocycles. The second-order valence-electron chi connectivity index (χ2n) is 4.54. The van der Waals surface area contributed by atoms with Gasteiger partial charge in [0.2, 0.25) is 5.91 Å². The third-order valence-corrected chi connectivity index (χ3v) is 3.87. The smallest absolute Gasteiger partial charge is 0.220 e. The summed E-state index contributed by atoms with van der Waals surface area (Å²) in [5.41, 5.74) is 2.68. The molecule has 1 saturated heterocycles. The van der Waals surface area contributed by atoms with E-state index in [1.165, 1.54) is 11.1 Å². The van der Waals surface area contributed by atoms with Crippen LogP contribution in [0.25, 0.3) is 0 Å². The van der Waals surface area contributed by atoms with Crippen molar-refractivity contribution in [1.82, 2.24) is 5.32 Å². The van der Waals surface area contributed by atoms with E-state index in [1.807, 2.05) is 12.1 Å². The average molecular weight is 222 g/mol. The van der Waals surface area contributed by atoms with Crippen molar-refractivity contribution in [3.8, 4) is 0 Å². The molecule has 2 aliphatic rings. The molecule has 0 bridgehead atoms. The standard InChI is InChI=1S/C12H12ClNO/c13-9-2-1-8-3-4-12(10(8)5-9)6-11(15)14-7-12/h1-2,5H,3-4,6-7H2,(H,14,15). The number of fused-ring (bicyclic) bond motifs is 2. The molecular formula is C12H12ClNO. The molecule has 78 valence electrons. The van der Waals surface area contributed by atoms with Crippen molar-refractivity contribution in [3.63, 3.8) is 0 Å². The fourth-order valence-corrected chi connectivity index (χ4v) is 3.01. The number of aryl methyl sites for hydroxylation is 1. The van der Waals surface area contributed by atoms with Gasteiger partial charge >= 0.3 is 0 Å². The number of carbonyl (C=O) groups excluding carboxylic acids is 1. The number of halogens is 1. The third-order valence-electron chi connectivity index (χ3n) is 3.64. The zero-order valence-corrected chi connectivity index (χ0v) is 9.10. The molecule has 1 N–H and O–H groups in total. The van der Waals surface area contributed by atoms with Crippen LogP contribution in [0.5, 0.6) is 0 Å². The zero-order valence-electron chi connectivity index (χ0n) is 8.35. The van der Waals surface area contributed by atoms with Crippen LogP contribution in [-0.4, -0.2) is 12.5 Å². The van der Waals surface area contributed by atoms with Crippen LogP contribution in [-0.2, 0) is 16.6 Å². The highest BCUT2D eigenvalue weighted by atomic mass is 35.5. The minimum absolute atomic E-state index is 0.0390. The molecule has 3 heteroatoms.